The van der Waals surface area contributed by atoms with Crippen molar-refractivity contribution in [3.05, 3.63) is 24.0 Å². The zero-order chi connectivity index (χ0) is 11.7. The van der Waals surface area contributed by atoms with Gasteiger partial charge >= 0.3 is 0 Å². The first-order valence-electron chi connectivity index (χ1n) is 6.46. The molecule has 0 saturated heterocycles. The van der Waals surface area contributed by atoms with E-state index in [-0.39, 0.29) is 0 Å². The number of aromatic nitrogens is 1. The van der Waals surface area contributed by atoms with Gasteiger partial charge in [-0.15, -0.1) is 0 Å². The Kier molecular flexibility index (Phi) is 2.72. The Morgan fingerprint density at radius 2 is 1.82 bits per heavy atom. The predicted molar refractivity (Wildman–Crippen MR) is 66.6 cm³/mol. The lowest BCUT2D eigenvalue weighted by atomic mass is 10.2. The van der Waals surface area contributed by atoms with Gasteiger partial charge in [0.2, 0.25) is 0 Å². The molecule has 3 heteroatoms. The third-order valence-electron chi connectivity index (χ3n) is 3.58. The van der Waals surface area contributed by atoms with Crippen LogP contribution in [0, 0.1) is 23.2 Å². The molecular weight excluding hydrogens is 210 g/mol. The quantitative estimate of drug-likeness (QED) is 0.776. The number of nitriles is 1. The van der Waals surface area contributed by atoms with Crippen LogP contribution in [0.15, 0.2) is 18.3 Å². The Morgan fingerprint density at radius 3 is 2.24 bits per heavy atom. The first-order valence-corrected chi connectivity index (χ1v) is 6.46. The highest BCUT2D eigenvalue weighted by Gasteiger charge is 2.29. The molecular formula is C14H17N3. The summed E-state index contributed by atoms with van der Waals surface area (Å²) in [6.07, 6.45) is 7.37. The van der Waals surface area contributed by atoms with Crippen LogP contribution in [-0.4, -0.2) is 18.1 Å². The summed E-state index contributed by atoms with van der Waals surface area (Å²) in [5, 5.41) is 8.75. The number of hydrogen-bond donors (Lipinski definition) is 0. The van der Waals surface area contributed by atoms with Crippen molar-refractivity contribution in [3.63, 3.8) is 0 Å². The van der Waals surface area contributed by atoms with Gasteiger partial charge in [-0.25, -0.2) is 4.98 Å². The maximum Gasteiger partial charge on any atom is 0.140 e. The molecule has 0 aromatic carbocycles. The highest BCUT2D eigenvalue weighted by atomic mass is 15.1. The number of anilines is 1. The number of hydrogen-bond acceptors (Lipinski definition) is 3. The van der Waals surface area contributed by atoms with Crippen LogP contribution in [0.5, 0.6) is 0 Å². The molecule has 0 N–H and O–H groups in total. The maximum atomic E-state index is 8.75. The van der Waals surface area contributed by atoms with Crippen molar-refractivity contribution in [1.29, 1.82) is 5.26 Å². The van der Waals surface area contributed by atoms with E-state index in [9.17, 15) is 0 Å². The minimum atomic E-state index is 0.506. The first kappa shape index (κ1) is 10.6. The summed E-state index contributed by atoms with van der Waals surface area (Å²) in [7, 11) is 0. The average Bonchev–Trinajstić information content (AvgIpc) is 3.23. The minimum absolute atomic E-state index is 0.506. The summed E-state index contributed by atoms with van der Waals surface area (Å²) in [4.78, 5) is 6.63. The van der Waals surface area contributed by atoms with E-state index < -0.39 is 0 Å². The monoisotopic (exact) mass is 227 g/mol. The summed E-state index contributed by atoms with van der Waals surface area (Å²) in [6, 6.07) is 5.93. The van der Waals surface area contributed by atoms with Gasteiger partial charge in [0.1, 0.15) is 11.8 Å². The SMILES string of the molecule is N#Cc1ccc(N(CC2CC2)CC2CC2)cn1. The van der Waals surface area contributed by atoms with E-state index in [0.717, 1.165) is 11.8 Å². The molecule has 1 aromatic heterocycles. The van der Waals surface area contributed by atoms with Crippen LogP contribution in [0.25, 0.3) is 0 Å². The van der Waals surface area contributed by atoms with Crippen LogP contribution >= 0.6 is 0 Å². The molecule has 0 bridgehead atoms. The minimum Gasteiger partial charge on any atom is -0.370 e. The summed E-state index contributed by atoms with van der Waals surface area (Å²) >= 11 is 0. The van der Waals surface area contributed by atoms with Crippen molar-refractivity contribution in [2.45, 2.75) is 25.7 Å². The summed E-state index contributed by atoms with van der Waals surface area (Å²) < 4.78 is 0. The highest BCUT2D eigenvalue weighted by Crippen LogP contribution is 2.35. The predicted octanol–water partition coefficient (Wildman–Crippen LogP) is 2.58. The van der Waals surface area contributed by atoms with Gasteiger partial charge in [0.05, 0.1) is 11.9 Å². The zero-order valence-electron chi connectivity index (χ0n) is 9.97. The molecule has 0 unspecified atom stereocenters. The molecule has 2 saturated carbocycles. The Bertz CT molecular complexity index is 410. The zero-order valence-corrected chi connectivity index (χ0v) is 9.97. The van der Waals surface area contributed by atoms with E-state index >= 15 is 0 Å². The molecule has 0 aliphatic heterocycles. The average molecular weight is 227 g/mol. The summed E-state index contributed by atoms with van der Waals surface area (Å²) in [6.45, 7) is 2.34. The Labute approximate surface area is 102 Å². The fourth-order valence-corrected chi connectivity index (χ4v) is 2.15. The molecule has 0 radical (unpaired) electrons. The molecule has 17 heavy (non-hydrogen) atoms. The van der Waals surface area contributed by atoms with E-state index in [1.165, 1.54) is 44.5 Å². The first-order chi connectivity index (χ1) is 8.35. The van der Waals surface area contributed by atoms with Crippen molar-refractivity contribution >= 4 is 5.69 Å². The normalized spacial score (nSPS) is 18.8. The molecule has 2 aliphatic carbocycles. The lowest BCUT2D eigenvalue weighted by molar-refractivity contribution is 0.678. The molecule has 2 aliphatic rings. The van der Waals surface area contributed by atoms with Crippen molar-refractivity contribution in [2.75, 3.05) is 18.0 Å². The fraction of sp³-hybridized carbons (Fsp3) is 0.571. The van der Waals surface area contributed by atoms with Gasteiger partial charge in [-0.1, -0.05) is 0 Å². The van der Waals surface area contributed by atoms with Crippen LogP contribution in [0.1, 0.15) is 31.4 Å². The molecule has 0 spiro atoms. The van der Waals surface area contributed by atoms with Crippen molar-refractivity contribution in [1.82, 2.24) is 4.98 Å². The van der Waals surface area contributed by atoms with Gasteiger partial charge < -0.3 is 4.90 Å². The van der Waals surface area contributed by atoms with Crippen LogP contribution in [0.3, 0.4) is 0 Å². The third-order valence-corrected chi connectivity index (χ3v) is 3.58. The van der Waals surface area contributed by atoms with Gasteiger partial charge in [-0.3, -0.25) is 0 Å². The van der Waals surface area contributed by atoms with E-state index in [1.54, 1.807) is 0 Å². The van der Waals surface area contributed by atoms with Crippen LogP contribution < -0.4 is 4.90 Å². The molecule has 1 heterocycles. The second kappa shape index (κ2) is 4.37. The maximum absolute atomic E-state index is 8.75. The molecule has 0 atom stereocenters. The molecule has 2 fully saturated rings. The summed E-state index contributed by atoms with van der Waals surface area (Å²) in [5.74, 6) is 1.79. The Hall–Kier alpha value is -1.56. The largest absolute Gasteiger partial charge is 0.370 e. The van der Waals surface area contributed by atoms with Gasteiger partial charge in [0, 0.05) is 13.1 Å². The van der Waals surface area contributed by atoms with Gasteiger partial charge in [0.25, 0.3) is 0 Å². The molecule has 3 rings (SSSR count). The summed E-state index contributed by atoms with van der Waals surface area (Å²) in [5.41, 5.74) is 1.69. The fourth-order valence-electron chi connectivity index (χ4n) is 2.15. The molecule has 88 valence electrons. The molecule has 1 aromatic rings. The van der Waals surface area contributed by atoms with Crippen molar-refractivity contribution < 1.29 is 0 Å². The van der Waals surface area contributed by atoms with Crippen molar-refractivity contribution in [3.8, 4) is 6.07 Å². The second-order valence-electron chi connectivity index (χ2n) is 5.31. The molecule has 0 amide bonds. The van der Waals surface area contributed by atoms with E-state index in [1.807, 2.05) is 18.3 Å². The van der Waals surface area contributed by atoms with Crippen LogP contribution in [0.4, 0.5) is 5.69 Å². The van der Waals surface area contributed by atoms with Crippen LogP contribution in [0.2, 0.25) is 0 Å². The number of rotatable bonds is 5. The third kappa shape index (κ3) is 2.76. The van der Waals surface area contributed by atoms with Gasteiger partial charge in [0.15, 0.2) is 0 Å². The van der Waals surface area contributed by atoms with E-state index in [0.29, 0.717) is 5.69 Å². The lowest BCUT2D eigenvalue weighted by Gasteiger charge is -2.24. The topological polar surface area (TPSA) is 39.9 Å². The Morgan fingerprint density at radius 1 is 1.18 bits per heavy atom. The van der Waals surface area contributed by atoms with Gasteiger partial charge in [-0.05, 0) is 49.7 Å². The highest BCUT2D eigenvalue weighted by molar-refractivity contribution is 5.46. The number of pyridine rings is 1. The number of nitrogens with zero attached hydrogens (tertiary/aromatic N) is 3. The standard InChI is InChI=1S/C14H17N3/c15-7-13-5-6-14(8-16-13)17(9-11-1-2-11)10-12-3-4-12/h5-6,8,11-12H,1-4,9-10H2. The second-order valence-corrected chi connectivity index (χ2v) is 5.31. The lowest BCUT2D eigenvalue weighted by Crippen LogP contribution is -2.28. The van der Waals surface area contributed by atoms with E-state index in [2.05, 4.69) is 16.0 Å². The molecule has 3 nitrogen and oxygen atoms in total. The van der Waals surface area contributed by atoms with E-state index in [4.69, 9.17) is 5.26 Å². The Balaban J connectivity index is 1.72. The van der Waals surface area contributed by atoms with Crippen molar-refractivity contribution in [2.24, 2.45) is 11.8 Å². The van der Waals surface area contributed by atoms with Gasteiger partial charge in [-0.2, -0.15) is 5.26 Å². The van der Waals surface area contributed by atoms with Crippen LogP contribution in [-0.2, 0) is 0 Å². The smallest absolute Gasteiger partial charge is 0.140 e.